The molecule has 0 aliphatic heterocycles. The van der Waals surface area contributed by atoms with Gasteiger partial charge in [-0.15, -0.1) is 11.8 Å². The fourth-order valence-corrected chi connectivity index (χ4v) is 3.11. The number of aromatic nitrogens is 2. The second kappa shape index (κ2) is 7.29. The summed E-state index contributed by atoms with van der Waals surface area (Å²) in [5.74, 6) is 1.11. The van der Waals surface area contributed by atoms with Gasteiger partial charge in [-0.3, -0.25) is 4.79 Å². The van der Waals surface area contributed by atoms with E-state index in [1.165, 1.54) is 4.90 Å². The molecule has 0 aliphatic carbocycles. The fourth-order valence-electron chi connectivity index (χ4n) is 2.34. The maximum atomic E-state index is 11.4. The van der Waals surface area contributed by atoms with E-state index in [1.54, 1.807) is 10.9 Å². The Balaban J connectivity index is 1.93. The van der Waals surface area contributed by atoms with Crippen LogP contribution in [-0.2, 0) is 0 Å². The third-order valence-corrected chi connectivity index (χ3v) is 4.71. The first-order valence-corrected chi connectivity index (χ1v) is 8.64. The predicted molar refractivity (Wildman–Crippen MR) is 95.4 cm³/mol. The number of hydrogen-bond acceptors (Lipinski definition) is 3. The highest BCUT2D eigenvalue weighted by Crippen LogP contribution is 2.26. The lowest BCUT2D eigenvalue weighted by Gasteiger charge is -2.03. The van der Waals surface area contributed by atoms with Gasteiger partial charge in [0.05, 0.1) is 11.3 Å². The van der Waals surface area contributed by atoms with Crippen molar-refractivity contribution in [3.63, 3.8) is 0 Å². The standard InChI is InChI=1S/C19H18N2OS/c1-2-12-23-18-10-8-15(9-11-18)19-16(14-22)13-21(20-19)17-6-4-3-5-7-17/h3-11,13-14H,2,12H2,1H3. The van der Waals surface area contributed by atoms with Crippen molar-refractivity contribution in [2.24, 2.45) is 0 Å². The van der Waals surface area contributed by atoms with Gasteiger partial charge in [0.1, 0.15) is 5.69 Å². The summed E-state index contributed by atoms with van der Waals surface area (Å²) in [5, 5.41) is 4.59. The number of hydrogen-bond donors (Lipinski definition) is 0. The second-order valence-corrected chi connectivity index (χ2v) is 6.37. The van der Waals surface area contributed by atoms with Crippen LogP contribution in [0.15, 0.2) is 65.7 Å². The van der Waals surface area contributed by atoms with Crippen LogP contribution in [0.4, 0.5) is 0 Å². The van der Waals surface area contributed by atoms with Gasteiger partial charge >= 0.3 is 0 Å². The molecule has 0 aliphatic rings. The number of nitrogens with zero attached hydrogens (tertiary/aromatic N) is 2. The van der Waals surface area contributed by atoms with Crippen LogP contribution in [0, 0.1) is 0 Å². The quantitative estimate of drug-likeness (QED) is 0.480. The molecular formula is C19H18N2OS. The van der Waals surface area contributed by atoms with Crippen molar-refractivity contribution in [3.8, 4) is 16.9 Å². The van der Waals surface area contributed by atoms with E-state index in [0.29, 0.717) is 5.56 Å². The van der Waals surface area contributed by atoms with Gasteiger partial charge < -0.3 is 0 Å². The highest BCUT2D eigenvalue weighted by molar-refractivity contribution is 7.99. The molecule has 4 heteroatoms. The van der Waals surface area contributed by atoms with E-state index in [9.17, 15) is 4.79 Å². The first kappa shape index (κ1) is 15.6. The number of benzene rings is 2. The van der Waals surface area contributed by atoms with Gasteiger partial charge in [0, 0.05) is 16.7 Å². The topological polar surface area (TPSA) is 34.9 Å². The maximum Gasteiger partial charge on any atom is 0.153 e. The Kier molecular flexibility index (Phi) is 4.93. The molecule has 0 atom stereocenters. The molecule has 0 N–H and O–H groups in total. The van der Waals surface area contributed by atoms with Crippen molar-refractivity contribution < 1.29 is 4.79 Å². The predicted octanol–water partition coefficient (Wildman–Crippen LogP) is 4.85. The monoisotopic (exact) mass is 322 g/mol. The van der Waals surface area contributed by atoms with Gasteiger partial charge in [0.25, 0.3) is 0 Å². The Morgan fingerprint density at radius 2 is 1.83 bits per heavy atom. The lowest BCUT2D eigenvalue weighted by molar-refractivity contribution is 0.112. The van der Waals surface area contributed by atoms with Crippen molar-refractivity contribution in [1.29, 1.82) is 0 Å². The minimum atomic E-state index is 0.600. The number of thioether (sulfide) groups is 1. The molecule has 3 rings (SSSR count). The minimum absolute atomic E-state index is 0.600. The van der Waals surface area contributed by atoms with Crippen molar-refractivity contribution >= 4 is 18.0 Å². The molecule has 23 heavy (non-hydrogen) atoms. The molecule has 116 valence electrons. The summed E-state index contributed by atoms with van der Waals surface area (Å²) in [4.78, 5) is 12.6. The molecule has 0 saturated carbocycles. The van der Waals surface area contributed by atoms with Crippen LogP contribution in [0.3, 0.4) is 0 Å². The third-order valence-electron chi connectivity index (χ3n) is 3.49. The number of carbonyl (C=O) groups excluding carboxylic acids is 1. The number of rotatable bonds is 6. The zero-order chi connectivity index (χ0) is 16.1. The molecule has 1 heterocycles. The smallest absolute Gasteiger partial charge is 0.153 e. The molecule has 0 unspecified atom stereocenters. The van der Waals surface area contributed by atoms with Crippen molar-refractivity contribution in [2.75, 3.05) is 5.75 Å². The van der Waals surface area contributed by atoms with Crippen LogP contribution in [-0.4, -0.2) is 21.8 Å². The summed E-state index contributed by atoms with van der Waals surface area (Å²) in [6.45, 7) is 2.17. The molecule has 0 saturated heterocycles. The average Bonchev–Trinajstić information content (AvgIpc) is 3.05. The average molecular weight is 322 g/mol. The van der Waals surface area contributed by atoms with E-state index in [-0.39, 0.29) is 0 Å². The minimum Gasteiger partial charge on any atom is -0.298 e. The van der Waals surface area contributed by atoms with E-state index in [2.05, 4.69) is 24.2 Å². The summed E-state index contributed by atoms with van der Waals surface area (Å²) < 4.78 is 1.75. The Hall–Kier alpha value is -2.33. The molecule has 3 aromatic rings. The first-order chi connectivity index (χ1) is 11.3. The van der Waals surface area contributed by atoms with Crippen LogP contribution >= 0.6 is 11.8 Å². The summed E-state index contributed by atoms with van der Waals surface area (Å²) in [6, 6.07) is 18.0. The van der Waals surface area contributed by atoms with E-state index < -0.39 is 0 Å². The summed E-state index contributed by atoms with van der Waals surface area (Å²) in [5.41, 5.74) is 3.22. The van der Waals surface area contributed by atoms with E-state index >= 15 is 0 Å². The Bertz CT molecular complexity index is 779. The second-order valence-electron chi connectivity index (χ2n) is 5.20. The third kappa shape index (κ3) is 3.54. The molecule has 3 nitrogen and oxygen atoms in total. The molecule has 0 radical (unpaired) electrons. The Morgan fingerprint density at radius 1 is 1.09 bits per heavy atom. The Labute approximate surface area is 140 Å². The first-order valence-electron chi connectivity index (χ1n) is 7.65. The highest BCUT2D eigenvalue weighted by atomic mass is 32.2. The lowest BCUT2D eigenvalue weighted by atomic mass is 10.1. The molecular weight excluding hydrogens is 304 g/mol. The van der Waals surface area contributed by atoms with Gasteiger partial charge in [0.2, 0.25) is 0 Å². The van der Waals surface area contributed by atoms with Gasteiger partial charge in [-0.1, -0.05) is 37.3 Å². The largest absolute Gasteiger partial charge is 0.298 e. The van der Waals surface area contributed by atoms with E-state index in [4.69, 9.17) is 0 Å². The molecule has 2 aromatic carbocycles. The van der Waals surface area contributed by atoms with E-state index in [0.717, 1.165) is 35.4 Å². The summed E-state index contributed by atoms with van der Waals surface area (Å²) >= 11 is 1.84. The van der Waals surface area contributed by atoms with Gasteiger partial charge in [-0.25, -0.2) is 4.68 Å². The van der Waals surface area contributed by atoms with Gasteiger partial charge in [0.15, 0.2) is 6.29 Å². The van der Waals surface area contributed by atoms with Crippen molar-refractivity contribution in [3.05, 3.63) is 66.4 Å². The fraction of sp³-hybridized carbons (Fsp3) is 0.158. The molecule has 0 amide bonds. The summed E-state index contributed by atoms with van der Waals surface area (Å²) in [7, 11) is 0. The van der Waals surface area contributed by atoms with Crippen LogP contribution < -0.4 is 0 Å². The normalized spacial score (nSPS) is 10.7. The zero-order valence-corrected chi connectivity index (χ0v) is 13.8. The van der Waals surface area contributed by atoms with Crippen molar-refractivity contribution in [1.82, 2.24) is 9.78 Å². The molecule has 0 bridgehead atoms. The van der Waals surface area contributed by atoms with Crippen LogP contribution in [0.1, 0.15) is 23.7 Å². The summed E-state index contributed by atoms with van der Waals surface area (Å²) in [6.07, 6.45) is 3.79. The lowest BCUT2D eigenvalue weighted by Crippen LogP contribution is -1.94. The van der Waals surface area contributed by atoms with Crippen LogP contribution in [0.5, 0.6) is 0 Å². The molecule has 0 spiro atoms. The molecule has 1 aromatic heterocycles. The van der Waals surface area contributed by atoms with Gasteiger partial charge in [-0.2, -0.15) is 5.10 Å². The number of carbonyl (C=O) groups is 1. The maximum absolute atomic E-state index is 11.4. The highest BCUT2D eigenvalue weighted by Gasteiger charge is 2.11. The van der Waals surface area contributed by atoms with Gasteiger partial charge in [-0.05, 0) is 36.4 Å². The van der Waals surface area contributed by atoms with Crippen LogP contribution in [0.25, 0.3) is 16.9 Å². The number of para-hydroxylation sites is 1. The number of aldehydes is 1. The zero-order valence-electron chi connectivity index (χ0n) is 13.0. The van der Waals surface area contributed by atoms with E-state index in [1.807, 2.05) is 54.2 Å². The van der Waals surface area contributed by atoms with Crippen molar-refractivity contribution in [2.45, 2.75) is 18.2 Å². The Morgan fingerprint density at radius 3 is 2.48 bits per heavy atom. The SMILES string of the molecule is CCCSc1ccc(-c2nn(-c3ccccc3)cc2C=O)cc1. The van der Waals surface area contributed by atoms with Crippen LogP contribution in [0.2, 0.25) is 0 Å². The molecule has 0 fully saturated rings.